The minimum Gasteiger partial charge on any atom is -0.488 e. The number of rotatable bonds is 2. The largest absolute Gasteiger partial charge is 0.488 e. The molecule has 82 valence electrons. The molecule has 0 amide bonds. The second kappa shape index (κ2) is 4.73. The van der Waals surface area contributed by atoms with E-state index in [-0.39, 0.29) is 6.10 Å². The standard InChI is InChI=1S/C11H14ClNO2/c12-8-1-2-10(13)11(7-8)15-9-3-5-14-6-4-9/h1-2,7,9H,3-6,13H2. The van der Waals surface area contributed by atoms with E-state index in [1.165, 1.54) is 0 Å². The molecule has 2 rings (SSSR count). The lowest BCUT2D eigenvalue weighted by molar-refractivity contribution is 0.0259. The van der Waals surface area contributed by atoms with Crippen LogP contribution in [0.4, 0.5) is 5.69 Å². The van der Waals surface area contributed by atoms with Crippen LogP contribution in [0.25, 0.3) is 0 Å². The first-order valence-electron chi connectivity index (χ1n) is 5.05. The van der Waals surface area contributed by atoms with Gasteiger partial charge in [0.15, 0.2) is 0 Å². The monoisotopic (exact) mass is 227 g/mol. The van der Waals surface area contributed by atoms with Crippen molar-refractivity contribution in [3.63, 3.8) is 0 Å². The van der Waals surface area contributed by atoms with E-state index in [9.17, 15) is 0 Å². The maximum atomic E-state index is 5.87. The highest BCUT2D eigenvalue weighted by Crippen LogP contribution is 2.27. The van der Waals surface area contributed by atoms with Crippen LogP contribution in [0.5, 0.6) is 5.75 Å². The third-order valence-corrected chi connectivity index (χ3v) is 2.67. The average molecular weight is 228 g/mol. The third kappa shape index (κ3) is 2.76. The highest BCUT2D eigenvalue weighted by molar-refractivity contribution is 6.30. The van der Waals surface area contributed by atoms with E-state index in [2.05, 4.69) is 0 Å². The van der Waals surface area contributed by atoms with Crippen molar-refractivity contribution in [1.82, 2.24) is 0 Å². The van der Waals surface area contributed by atoms with Crippen LogP contribution in [-0.4, -0.2) is 19.3 Å². The smallest absolute Gasteiger partial charge is 0.144 e. The zero-order chi connectivity index (χ0) is 10.7. The number of nitrogens with two attached hydrogens (primary N) is 1. The van der Waals surface area contributed by atoms with E-state index in [0.717, 1.165) is 26.1 Å². The van der Waals surface area contributed by atoms with Crippen molar-refractivity contribution in [2.45, 2.75) is 18.9 Å². The van der Waals surface area contributed by atoms with Gasteiger partial charge in [-0.25, -0.2) is 0 Å². The molecule has 0 radical (unpaired) electrons. The fourth-order valence-corrected chi connectivity index (χ4v) is 1.75. The van der Waals surface area contributed by atoms with Gasteiger partial charge < -0.3 is 15.2 Å². The van der Waals surface area contributed by atoms with E-state index in [4.69, 9.17) is 26.8 Å². The number of benzene rings is 1. The quantitative estimate of drug-likeness (QED) is 0.790. The summed E-state index contributed by atoms with van der Waals surface area (Å²) >= 11 is 5.87. The Kier molecular flexibility index (Phi) is 3.34. The molecule has 2 N–H and O–H groups in total. The van der Waals surface area contributed by atoms with Crippen molar-refractivity contribution in [3.05, 3.63) is 23.2 Å². The predicted molar refractivity (Wildman–Crippen MR) is 60.3 cm³/mol. The minimum atomic E-state index is 0.194. The summed E-state index contributed by atoms with van der Waals surface area (Å²) in [4.78, 5) is 0. The molecular weight excluding hydrogens is 214 g/mol. The first-order valence-corrected chi connectivity index (χ1v) is 5.43. The Bertz CT molecular complexity index is 337. The summed E-state index contributed by atoms with van der Waals surface area (Å²) in [6.07, 6.45) is 2.01. The summed E-state index contributed by atoms with van der Waals surface area (Å²) in [6, 6.07) is 5.27. The lowest BCUT2D eigenvalue weighted by Crippen LogP contribution is -2.26. The number of halogens is 1. The number of ether oxygens (including phenoxy) is 2. The lowest BCUT2D eigenvalue weighted by Gasteiger charge is -2.24. The van der Waals surface area contributed by atoms with Gasteiger partial charge in [0.05, 0.1) is 18.9 Å². The Balaban J connectivity index is 2.05. The average Bonchev–Trinajstić information content (AvgIpc) is 2.25. The van der Waals surface area contributed by atoms with Gasteiger partial charge in [0.25, 0.3) is 0 Å². The Hall–Kier alpha value is -0.930. The molecule has 4 heteroatoms. The van der Waals surface area contributed by atoms with Gasteiger partial charge in [0.2, 0.25) is 0 Å². The molecule has 0 spiro atoms. The molecule has 1 fully saturated rings. The van der Waals surface area contributed by atoms with Gasteiger partial charge in [-0.2, -0.15) is 0 Å². The molecule has 3 nitrogen and oxygen atoms in total. The number of hydrogen-bond donors (Lipinski definition) is 1. The van der Waals surface area contributed by atoms with Gasteiger partial charge >= 0.3 is 0 Å². The molecule has 1 aromatic carbocycles. The van der Waals surface area contributed by atoms with Gasteiger partial charge in [-0.1, -0.05) is 11.6 Å². The Labute approximate surface area is 94.1 Å². The van der Waals surface area contributed by atoms with Gasteiger partial charge in [0, 0.05) is 23.9 Å². The normalized spacial score (nSPS) is 17.7. The molecule has 0 atom stereocenters. The lowest BCUT2D eigenvalue weighted by atomic mass is 10.1. The van der Waals surface area contributed by atoms with Crippen molar-refractivity contribution in [3.8, 4) is 5.75 Å². The van der Waals surface area contributed by atoms with Crippen molar-refractivity contribution in [1.29, 1.82) is 0 Å². The van der Waals surface area contributed by atoms with Crippen molar-refractivity contribution < 1.29 is 9.47 Å². The Morgan fingerprint density at radius 1 is 1.33 bits per heavy atom. The van der Waals surface area contributed by atoms with E-state index in [1.54, 1.807) is 18.2 Å². The second-order valence-electron chi connectivity index (χ2n) is 3.61. The van der Waals surface area contributed by atoms with Gasteiger partial charge in [0.1, 0.15) is 11.9 Å². The molecule has 1 aliphatic rings. The third-order valence-electron chi connectivity index (χ3n) is 2.44. The summed E-state index contributed by atoms with van der Waals surface area (Å²) in [5.74, 6) is 0.675. The van der Waals surface area contributed by atoms with Gasteiger partial charge in [-0.3, -0.25) is 0 Å². The number of hydrogen-bond acceptors (Lipinski definition) is 3. The molecule has 0 bridgehead atoms. The molecule has 0 unspecified atom stereocenters. The van der Waals surface area contributed by atoms with E-state index >= 15 is 0 Å². The topological polar surface area (TPSA) is 44.5 Å². The summed E-state index contributed by atoms with van der Waals surface area (Å²) in [6.45, 7) is 1.51. The molecule has 0 aromatic heterocycles. The van der Waals surface area contributed by atoms with E-state index in [1.807, 2.05) is 0 Å². The summed E-state index contributed by atoms with van der Waals surface area (Å²) in [7, 11) is 0. The SMILES string of the molecule is Nc1ccc(Cl)cc1OC1CCOCC1. The zero-order valence-corrected chi connectivity index (χ0v) is 9.17. The van der Waals surface area contributed by atoms with Crippen LogP contribution in [-0.2, 0) is 4.74 Å². The first-order chi connectivity index (χ1) is 7.25. The second-order valence-corrected chi connectivity index (χ2v) is 4.05. The summed E-state index contributed by atoms with van der Waals surface area (Å²) < 4.78 is 11.0. The first kappa shape index (κ1) is 10.6. The highest BCUT2D eigenvalue weighted by Gasteiger charge is 2.16. The summed E-state index contributed by atoms with van der Waals surface area (Å²) in [5.41, 5.74) is 6.42. The van der Waals surface area contributed by atoms with Crippen molar-refractivity contribution >= 4 is 17.3 Å². The van der Waals surface area contributed by atoms with E-state index in [0.29, 0.717) is 16.5 Å². The molecule has 1 aromatic rings. The molecular formula is C11H14ClNO2. The van der Waals surface area contributed by atoms with Crippen LogP contribution in [0.1, 0.15) is 12.8 Å². The van der Waals surface area contributed by atoms with E-state index < -0.39 is 0 Å². The maximum Gasteiger partial charge on any atom is 0.144 e. The molecule has 0 saturated carbocycles. The van der Waals surface area contributed by atoms with Crippen LogP contribution in [0.2, 0.25) is 5.02 Å². The minimum absolute atomic E-state index is 0.194. The zero-order valence-electron chi connectivity index (χ0n) is 8.41. The Morgan fingerprint density at radius 3 is 2.80 bits per heavy atom. The van der Waals surface area contributed by atoms with Gasteiger partial charge in [-0.05, 0) is 12.1 Å². The molecule has 1 aliphatic heterocycles. The fraction of sp³-hybridized carbons (Fsp3) is 0.455. The van der Waals surface area contributed by atoms with Crippen molar-refractivity contribution in [2.24, 2.45) is 0 Å². The van der Waals surface area contributed by atoms with Crippen LogP contribution < -0.4 is 10.5 Å². The fourth-order valence-electron chi connectivity index (χ4n) is 1.58. The predicted octanol–water partition coefficient (Wildman–Crippen LogP) is 2.48. The van der Waals surface area contributed by atoms with Gasteiger partial charge in [-0.15, -0.1) is 0 Å². The molecule has 1 heterocycles. The van der Waals surface area contributed by atoms with Crippen LogP contribution in [0, 0.1) is 0 Å². The van der Waals surface area contributed by atoms with Crippen LogP contribution in [0.3, 0.4) is 0 Å². The molecule has 15 heavy (non-hydrogen) atoms. The van der Waals surface area contributed by atoms with Crippen LogP contribution >= 0.6 is 11.6 Å². The Morgan fingerprint density at radius 2 is 2.07 bits per heavy atom. The van der Waals surface area contributed by atoms with Crippen molar-refractivity contribution in [2.75, 3.05) is 18.9 Å². The van der Waals surface area contributed by atoms with Crippen LogP contribution in [0.15, 0.2) is 18.2 Å². The molecule has 0 aliphatic carbocycles. The summed E-state index contributed by atoms with van der Waals surface area (Å²) in [5, 5.41) is 0.645. The molecule has 1 saturated heterocycles. The highest BCUT2D eigenvalue weighted by atomic mass is 35.5. The number of nitrogen functional groups attached to an aromatic ring is 1. The number of anilines is 1. The maximum absolute atomic E-state index is 5.87.